The van der Waals surface area contributed by atoms with Crippen LogP contribution in [0, 0.1) is 11.3 Å². The number of hydrogen-bond acceptors (Lipinski definition) is 4. The van der Waals surface area contributed by atoms with Crippen LogP contribution in [0.5, 0.6) is 0 Å². The number of amides is 1. The van der Waals surface area contributed by atoms with Crippen molar-refractivity contribution >= 4 is 17.3 Å². The van der Waals surface area contributed by atoms with Gasteiger partial charge in [-0.3, -0.25) is 9.48 Å². The zero-order valence-electron chi connectivity index (χ0n) is 13.8. The predicted octanol–water partition coefficient (Wildman–Crippen LogP) is 2.95. The first-order chi connectivity index (χ1) is 10.8. The van der Waals surface area contributed by atoms with Crippen LogP contribution in [0.4, 0.5) is 11.4 Å². The van der Waals surface area contributed by atoms with Crippen LogP contribution in [0.2, 0.25) is 0 Å². The van der Waals surface area contributed by atoms with Crippen LogP contribution in [0.3, 0.4) is 0 Å². The van der Waals surface area contributed by atoms with Gasteiger partial charge in [0, 0.05) is 6.20 Å². The van der Waals surface area contributed by atoms with E-state index < -0.39 is 6.04 Å². The Bertz CT molecular complexity index is 736. The van der Waals surface area contributed by atoms with E-state index >= 15 is 0 Å². The van der Waals surface area contributed by atoms with Crippen molar-refractivity contribution in [3.05, 3.63) is 42.2 Å². The van der Waals surface area contributed by atoms with Gasteiger partial charge in [0.15, 0.2) is 0 Å². The topological polar surface area (TPSA) is 82.7 Å². The summed E-state index contributed by atoms with van der Waals surface area (Å²) in [6.45, 7) is 7.93. The average molecular weight is 311 g/mol. The third kappa shape index (κ3) is 4.10. The first kappa shape index (κ1) is 16.6. The predicted molar refractivity (Wildman–Crippen MR) is 90.1 cm³/mol. The minimum Gasteiger partial charge on any atom is -0.371 e. The van der Waals surface area contributed by atoms with Crippen molar-refractivity contribution in [2.75, 3.05) is 10.6 Å². The lowest BCUT2D eigenvalue weighted by atomic mass is 10.1. The molecule has 2 rings (SSSR count). The highest BCUT2D eigenvalue weighted by atomic mass is 16.2. The standard InChI is InChI=1S/C17H21N5O/c1-12(20-14-10-19-22(11-14)17(2,3)4)16(23)21-15-8-6-5-7-13(15)9-18/h5-8,10-12,20H,1-4H3,(H,21,23)/t12-/m0/s1. The Kier molecular flexibility index (Phi) is 4.70. The van der Waals surface area contributed by atoms with Crippen molar-refractivity contribution in [1.29, 1.82) is 5.26 Å². The number of anilines is 2. The normalized spacial score (nSPS) is 12.3. The number of nitriles is 1. The summed E-state index contributed by atoms with van der Waals surface area (Å²) in [5.41, 5.74) is 1.61. The third-order valence-corrected chi connectivity index (χ3v) is 3.35. The summed E-state index contributed by atoms with van der Waals surface area (Å²) in [4.78, 5) is 12.3. The molecule has 1 aromatic heterocycles. The first-order valence-electron chi connectivity index (χ1n) is 7.43. The van der Waals surface area contributed by atoms with E-state index in [0.29, 0.717) is 11.3 Å². The van der Waals surface area contributed by atoms with Crippen molar-refractivity contribution < 1.29 is 4.79 Å². The first-order valence-corrected chi connectivity index (χ1v) is 7.43. The Morgan fingerprint density at radius 2 is 2.04 bits per heavy atom. The quantitative estimate of drug-likeness (QED) is 0.909. The van der Waals surface area contributed by atoms with Crippen LogP contribution in [-0.2, 0) is 10.3 Å². The number of para-hydroxylation sites is 1. The Morgan fingerprint density at radius 3 is 2.65 bits per heavy atom. The molecule has 2 N–H and O–H groups in total. The van der Waals surface area contributed by atoms with E-state index in [1.807, 2.05) is 10.9 Å². The molecule has 120 valence electrons. The molecule has 0 bridgehead atoms. The van der Waals surface area contributed by atoms with Gasteiger partial charge < -0.3 is 10.6 Å². The number of carbonyl (C=O) groups is 1. The van der Waals surface area contributed by atoms with E-state index in [1.54, 1.807) is 37.4 Å². The van der Waals surface area contributed by atoms with Crippen molar-refractivity contribution in [3.8, 4) is 6.07 Å². The van der Waals surface area contributed by atoms with Gasteiger partial charge in [0.05, 0.1) is 28.7 Å². The molecule has 0 saturated carbocycles. The maximum atomic E-state index is 12.3. The summed E-state index contributed by atoms with van der Waals surface area (Å²) in [6.07, 6.45) is 3.56. The molecule has 0 radical (unpaired) electrons. The number of aromatic nitrogens is 2. The van der Waals surface area contributed by atoms with Gasteiger partial charge in [-0.05, 0) is 39.8 Å². The lowest BCUT2D eigenvalue weighted by Gasteiger charge is -2.19. The zero-order valence-corrected chi connectivity index (χ0v) is 13.8. The van der Waals surface area contributed by atoms with Gasteiger partial charge in [0.2, 0.25) is 5.91 Å². The molecule has 0 aliphatic heterocycles. The van der Waals surface area contributed by atoms with Gasteiger partial charge in [-0.25, -0.2) is 0 Å². The Balaban J connectivity index is 2.03. The lowest BCUT2D eigenvalue weighted by Crippen LogP contribution is -2.32. The SMILES string of the molecule is C[C@H](Nc1cnn(C(C)(C)C)c1)C(=O)Nc1ccccc1C#N. The van der Waals surface area contributed by atoms with Gasteiger partial charge in [-0.15, -0.1) is 0 Å². The van der Waals surface area contributed by atoms with E-state index in [4.69, 9.17) is 5.26 Å². The number of nitrogens with zero attached hydrogens (tertiary/aromatic N) is 3. The maximum Gasteiger partial charge on any atom is 0.246 e. The Morgan fingerprint density at radius 1 is 1.35 bits per heavy atom. The lowest BCUT2D eigenvalue weighted by molar-refractivity contribution is -0.116. The van der Waals surface area contributed by atoms with E-state index in [9.17, 15) is 4.79 Å². The molecule has 0 aliphatic carbocycles. The van der Waals surface area contributed by atoms with Crippen molar-refractivity contribution in [2.24, 2.45) is 0 Å². The Labute approximate surface area is 136 Å². The highest BCUT2D eigenvalue weighted by Crippen LogP contribution is 2.17. The third-order valence-electron chi connectivity index (χ3n) is 3.35. The molecule has 0 saturated heterocycles. The molecule has 1 aromatic carbocycles. The van der Waals surface area contributed by atoms with E-state index in [-0.39, 0.29) is 11.4 Å². The number of carbonyl (C=O) groups excluding carboxylic acids is 1. The molecular weight excluding hydrogens is 290 g/mol. The smallest absolute Gasteiger partial charge is 0.246 e. The number of benzene rings is 1. The molecule has 1 amide bonds. The molecule has 23 heavy (non-hydrogen) atoms. The molecule has 0 aliphatic rings. The summed E-state index contributed by atoms with van der Waals surface area (Å²) in [7, 11) is 0. The summed E-state index contributed by atoms with van der Waals surface area (Å²) < 4.78 is 1.84. The molecular formula is C17H21N5O. The number of nitrogens with one attached hydrogen (secondary N) is 2. The molecule has 1 atom stereocenters. The van der Waals surface area contributed by atoms with Crippen LogP contribution >= 0.6 is 0 Å². The molecule has 0 spiro atoms. The molecule has 1 heterocycles. The number of rotatable bonds is 4. The summed E-state index contributed by atoms with van der Waals surface area (Å²) in [5.74, 6) is -0.212. The second kappa shape index (κ2) is 6.53. The zero-order chi connectivity index (χ0) is 17.0. The fraction of sp³-hybridized carbons (Fsp3) is 0.353. The van der Waals surface area contributed by atoms with Crippen molar-refractivity contribution in [2.45, 2.75) is 39.3 Å². The minimum absolute atomic E-state index is 0.114. The van der Waals surface area contributed by atoms with Gasteiger partial charge in [0.25, 0.3) is 0 Å². The minimum atomic E-state index is -0.459. The largest absolute Gasteiger partial charge is 0.371 e. The van der Waals surface area contributed by atoms with Crippen LogP contribution in [0.15, 0.2) is 36.7 Å². The molecule has 0 fully saturated rings. The van der Waals surface area contributed by atoms with Crippen LogP contribution in [0.1, 0.15) is 33.3 Å². The highest BCUT2D eigenvalue weighted by Gasteiger charge is 2.17. The Hall–Kier alpha value is -2.81. The summed E-state index contributed by atoms with van der Waals surface area (Å²) in [5, 5.41) is 19.2. The molecule has 2 aromatic rings. The van der Waals surface area contributed by atoms with Gasteiger partial charge >= 0.3 is 0 Å². The second-order valence-electron chi connectivity index (χ2n) is 6.36. The summed E-state index contributed by atoms with van der Waals surface area (Å²) >= 11 is 0. The fourth-order valence-electron chi connectivity index (χ4n) is 2.01. The fourth-order valence-corrected chi connectivity index (χ4v) is 2.01. The van der Waals surface area contributed by atoms with E-state index in [1.165, 1.54) is 0 Å². The van der Waals surface area contributed by atoms with E-state index in [0.717, 1.165) is 5.69 Å². The van der Waals surface area contributed by atoms with Crippen LogP contribution in [0.25, 0.3) is 0 Å². The van der Waals surface area contributed by atoms with Crippen molar-refractivity contribution in [3.63, 3.8) is 0 Å². The highest BCUT2D eigenvalue weighted by molar-refractivity contribution is 5.97. The van der Waals surface area contributed by atoms with Gasteiger partial charge in [-0.2, -0.15) is 10.4 Å². The summed E-state index contributed by atoms with van der Waals surface area (Å²) in [6, 6.07) is 8.52. The van der Waals surface area contributed by atoms with E-state index in [2.05, 4.69) is 42.6 Å². The monoisotopic (exact) mass is 311 g/mol. The van der Waals surface area contributed by atoms with Crippen molar-refractivity contribution in [1.82, 2.24) is 9.78 Å². The van der Waals surface area contributed by atoms with Gasteiger partial charge in [0.1, 0.15) is 12.1 Å². The number of hydrogen-bond donors (Lipinski definition) is 2. The second-order valence-corrected chi connectivity index (χ2v) is 6.36. The van der Waals surface area contributed by atoms with Crippen LogP contribution < -0.4 is 10.6 Å². The maximum absolute atomic E-state index is 12.3. The molecule has 6 heteroatoms. The van der Waals surface area contributed by atoms with Crippen LogP contribution in [-0.4, -0.2) is 21.7 Å². The van der Waals surface area contributed by atoms with Gasteiger partial charge in [-0.1, -0.05) is 12.1 Å². The molecule has 0 unspecified atom stereocenters. The molecule has 6 nitrogen and oxygen atoms in total. The average Bonchev–Trinajstić information content (AvgIpc) is 2.96.